The molecule has 0 aromatic heterocycles. The number of morpholine rings is 1. The van der Waals surface area contributed by atoms with Crippen LogP contribution in [0.1, 0.15) is 22.0 Å². The normalized spacial score (nSPS) is 21.9. The van der Waals surface area contributed by atoms with Gasteiger partial charge in [-0.15, -0.1) is 0 Å². The lowest BCUT2D eigenvalue weighted by Gasteiger charge is -2.25. The lowest BCUT2D eigenvalue weighted by atomic mass is 10.0. The Morgan fingerprint density at radius 2 is 2.22 bits per heavy atom. The van der Waals surface area contributed by atoms with Crippen LogP contribution in [0.2, 0.25) is 0 Å². The van der Waals surface area contributed by atoms with Crippen molar-refractivity contribution in [1.29, 1.82) is 0 Å². The van der Waals surface area contributed by atoms with Gasteiger partial charge in [0.15, 0.2) is 17.8 Å². The Labute approximate surface area is 113 Å². The number of aldehydes is 1. The third kappa shape index (κ3) is 1.90. The standard InChI is InChI=1S/C12H12BrNO4/c13-8-3-7(5-15)11-12(18-6-17-11)10(8)9-4-14-1-2-16-9/h3,5,9,14H,1-2,4,6H2. The van der Waals surface area contributed by atoms with Crippen molar-refractivity contribution in [2.75, 3.05) is 26.5 Å². The van der Waals surface area contributed by atoms with Gasteiger partial charge in [-0.05, 0) is 6.07 Å². The van der Waals surface area contributed by atoms with Crippen molar-refractivity contribution in [3.8, 4) is 11.5 Å². The number of hydrogen-bond acceptors (Lipinski definition) is 5. The first-order valence-corrected chi connectivity index (χ1v) is 6.50. The summed E-state index contributed by atoms with van der Waals surface area (Å²) in [6, 6.07) is 1.74. The molecule has 6 heteroatoms. The van der Waals surface area contributed by atoms with E-state index in [1.807, 2.05) is 0 Å². The molecule has 0 spiro atoms. The third-order valence-electron chi connectivity index (χ3n) is 3.04. The number of carbonyl (C=O) groups is 1. The number of hydrogen-bond donors (Lipinski definition) is 1. The first-order chi connectivity index (χ1) is 8.81. The average Bonchev–Trinajstić information content (AvgIpc) is 2.87. The molecule has 1 unspecified atom stereocenters. The molecule has 1 saturated heterocycles. The van der Waals surface area contributed by atoms with E-state index in [-0.39, 0.29) is 12.9 Å². The number of rotatable bonds is 2. The minimum Gasteiger partial charge on any atom is -0.453 e. The number of benzene rings is 1. The fourth-order valence-corrected chi connectivity index (χ4v) is 2.90. The Balaban J connectivity index is 2.08. The van der Waals surface area contributed by atoms with Crippen LogP contribution in [0, 0.1) is 0 Å². The molecular weight excluding hydrogens is 302 g/mol. The Bertz CT molecular complexity index is 485. The largest absolute Gasteiger partial charge is 0.453 e. The van der Waals surface area contributed by atoms with Crippen molar-refractivity contribution in [2.45, 2.75) is 6.10 Å². The molecule has 0 aliphatic carbocycles. The SMILES string of the molecule is O=Cc1cc(Br)c(C2CNCCO2)c2c1OCO2. The van der Waals surface area contributed by atoms with E-state index in [1.54, 1.807) is 6.07 Å². The molecule has 1 N–H and O–H groups in total. The molecular formula is C12H12BrNO4. The second-order valence-electron chi connectivity index (χ2n) is 4.11. The molecule has 1 aromatic rings. The molecule has 0 amide bonds. The quantitative estimate of drug-likeness (QED) is 0.841. The van der Waals surface area contributed by atoms with Gasteiger partial charge >= 0.3 is 0 Å². The number of ether oxygens (including phenoxy) is 3. The Morgan fingerprint density at radius 3 is 2.94 bits per heavy atom. The van der Waals surface area contributed by atoms with Crippen molar-refractivity contribution in [3.63, 3.8) is 0 Å². The van der Waals surface area contributed by atoms with Crippen molar-refractivity contribution < 1.29 is 19.0 Å². The van der Waals surface area contributed by atoms with Gasteiger partial charge in [0.2, 0.25) is 6.79 Å². The minimum atomic E-state index is -0.0933. The highest BCUT2D eigenvalue weighted by Gasteiger charge is 2.30. The molecule has 0 saturated carbocycles. The van der Waals surface area contributed by atoms with Crippen molar-refractivity contribution in [1.82, 2.24) is 5.32 Å². The van der Waals surface area contributed by atoms with E-state index < -0.39 is 0 Å². The first kappa shape index (κ1) is 12.0. The Hall–Kier alpha value is -1.11. The average molecular weight is 314 g/mol. The maximum absolute atomic E-state index is 11.0. The summed E-state index contributed by atoms with van der Waals surface area (Å²) in [7, 11) is 0. The summed E-state index contributed by atoms with van der Waals surface area (Å²) in [5.74, 6) is 1.12. The van der Waals surface area contributed by atoms with Crippen LogP contribution in [0.15, 0.2) is 10.5 Å². The van der Waals surface area contributed by atoms with Crippen LogP contribution in [0.25, 0.3) is 0 Å². The zero-order valence-electron chi connectivity index (χ0n) is 9.57. The molecule has 1 fully saturated rings. The van der Waals surface area contributed by atoms with E-state index >= 15 is 0 Å². The van der Waals surface area contributed by atoms with E-state index in [9.17, 15) is 4.79 Å². The van der Waals surface area contributed by atoms with E-state index in [2.05, 4.69) is 21.2 Å². The topological polar surface area (TPSA) is 56.8 Å². The number of fused-ring (bicyclic) bond motifs is 1. The van der Waals surface area contributed by atoms with Gasteiger partial charge in [0.1, 0.15) is 0 Å². The first-order valence-electron chi connectivity index (χ1n) is 5.70. The van der Waals surface area contributed by atoms with Gasteiger partial charge in [-0.25, -0.2) is 0 Å². The zero-order chi connectivity index (χ0) is 12.5. The molecule has 5 nitrogen and oxygen atoms in total. The van der Waals surface area contributed by atoms with Gasteiger partial charge in [-0.3, -0.25) is 4.79 Å². The number of halogens is 1. The molecule has 96 valence electrons. The monoisotopic (exact) mass is 313 g/mol. The van der Waals surface area contributed by atoms with Gasteiger partial charge in [0.05, 0.1) is 18.3 Å². The smallest absolute Gasteiger partial charge is 0.231 e. The van der Waals surface area contributed by atoms with E-state index in [1.165, 1.54) is 0 Å². The second kappa shape index (κ2) is 4.87. The lowest BCUT2D eigenvalue weighted by molar-refractivity contribution is 0.0255. The molecule has 0 radical (unpaired) electrons. The van der Waals surface area contributed by atoms with E-state index in [4.69, 9.17) is 14.2 Å². The Morgan fingerprint density at radius 1 is 1.39 bits per heavy atom. The minimum absolute atomic E-state index is 0.0933. The summed E-state index contributed by atoms with van der Waals surface area (Å²) in [6.07, 6.45) is 0.673. The van der Waals surface area contributed by atoms with Crippen LogP contribution in [0.4, 0.5) is 0 Å². The Kier molecular flexibility index (Phi) is 3.23. The molecule has 3 rings (SSSR count). The molecule has 2 aliphatic rings. The van der Waals surface area contributed by atoms with Crippen LogP contribution in [-0.4, -0.2) is 32.8 Å². The van der Waals surface area contributed by atoms with Crippen LogP contribution >= 0.6 is 15.9 Å². The lowest BCUT2D eigenvalue weighted by Crippen LogP contribution is -2.33. The summed E-state index contributed by atoms with van der Waals surface area (Å²) in [6.45, 7) is 2.36. The van der Waals surface area contributed by atoms with E-state index in [0.29, 0.717) is 23.7 Å². The predicted octanol–water partition coefficient (Wildman–Crippen LogP) is 1.65. The highest BCUT2D eigenvalue weighted by Crippen LogP contribution is 2.45. The summed E-state index contributed by atoms with van der Waals surface area (Å²) in [5, 5.41) is 3.27. The highest BCUT2D eigenvalue weighted by molar-refractivity contribution is 9.10. The van der Waals surface area contributed by atoms with E-state index in [0.717, 1.165) is 29.4 Å². The van der Waals surface area contributed by atoms with Gasteiger partial charge in [-0.1, -0.05) is 15.9 Å². The van der Waals surface area contributed by atoms with Crippen molar-refractivity contribution in [2.24, 2.45) is 0 Å². The maximum atomic E-state index is 11.0. The molecule has 1 atom stereocenters. The molecule has 2 aliphatic heterocycles. The van der Waals surface area contributed by atoms with Gasteiger partial charge in [0.25, 0.3) is 0 Å². The highest BCUT2D eigenvalue weighted by atomic mass is 79.9. The molecule has 1 aromatic carbocycles. The van der Waals surface area contributed by atoms with Crippen LogP contribution < -0.4 is 14.8 Å². The van der Waals surface area contributed by atoms with Gasteiger partial charge in [0, 0.05) is 23.1 Å². The van der Waals surface area contributed by atoms with Gasteiger partial charge in [-0.2, -0.15) is 0 Å². The summed E-state index contributed by atoms with van der Waals surface area (Å²) in [4.78, 5) is 11.0. The third-order valence-corrected chi connectivity index (χ3v) is 3.69. The fraction of sp³-hybridized carbons (Fsp3) is 0.417. The van der Waals surface area contributed by atoms with Crippen molar-refractivity contribution in [3.05, 3.63) is 21.7 Å². The number of nitrogens with one attached hydrogen (secondary N) is 1. The van der Waals surface area contributed by atoms with Crippen LogP contribution in [0.3, 0.4) is 0 Å². The predicted molar refractivity (Wildman–Crippen MR) is 67.2 cm³/mol. The fourth-order valence-electron chi connectivity index (χ4n) is 2.22. The number of carbonyl (C=O) groups excluding carboxylic acids is 1. The molecule has 18 heavy (non-hydrogen) atoms. The van der Waals surface area contributed by atoms with Crippen molar-refractivity contribution >= 4 is 22.2 Å². The second-order valence-corrected chi connectivity index (χ2v) is 4.96. The molecule has 2 heterocycles. The zero-order valence-corrected chi connectivity index (χ0v) is 11.2. The summed E-state index contributed by atoms with van der Waals surface area (Å²) >= 11 is 3.47. The summed E-state index contributed by atoms with van der Waals surface area (Å²) < 4.78 is 17.4. The maximum Gasteiger partial charge on any atom is 0.231 e. The summed E-state index contributed by atoms with van der Waals surface area (Å²) in [5.41, 5.74) is 1.39. The molecule has 0 bridgehead atoms. The van der Waals surface area contributed by atoms with Crippen LogP contribution in [0.5, 0.6) is 11.5 Å². The van der Waals surface area contributed by atoms with Gasteiger partial charge < -0.3 is 19.5 Å². The van der Waals surface area contributed by atoms with Crippen LogP contribution in [-0.2, 0) is 4.74 Å².